The first-order valence-electron chi connectivity index (χ1n) is 12.6. The molecule has 3 aromatic heterocycles. The molecule has 1 aliphatic heterocycles. The maximum Gasteiger partial charge on any atom is 0.416 e. The fourth-order valence-corrected chi connectivity index (χ4v) is 4.42. The van der Waals surface area contributed by atoms with Gasteiger partial charge in [-0.2, -0.15) is 14.6 Å². The van der Waals surface area contributed by atoms with Crippen LogP contribution in [0.5, 0.6) is 11.6 Å². The maximum absolute atomic E-state index is 13.4. The van der Waals surface area contributed by atoms with Crippen LogP contribution in [-0.4, -0.2) is 49.3 Å². The molecule has 4 heterocycles. The summed E-state index contributed by atoms with van der Waals surface area (Å²) < 4.78 is 13.4. The Morgan fingerprint density at radius 2 is 1.95 bits per heavy atom. The van der Waals surface area contributed by atoms with Crippen LogP contribution < -0.4 is 20.3 Å². The number of carbonyl (C=O) groups excluding carboxylic acids is 3. The predicted molar refractivity (Wildman–Crippen MR) is 142 cm³/mol. The van der Waals surface area contributed by atoms with Crippen LogP contribution in [0.3, 0.4) is 0 Å². The highest BCUT2D eigenvalue weighted by Crippen LogP contribution is 2.36. The second-order valence-electron chi connectivity index (χ2n) is 10.6. The van der Waals surface area contributed by atoms with Crippen LogP contribution in [0, 0.1) is 6.92 Å². The Labute approximate surface area is 223 Å². The molecule has 1 saturated heterocycles. The first-order chi connectivity index (χ1) is 18.5. The van der Waals surface area contributed by atoms with Crippen molar-refractivity contribution < 1.29 is 23.9 Å². The molecule has 2 fully saturated rings. The minimum atomic E-state index is -0.701. The fraction of sp³-hybridized carbons (Fsp3) is 0.296. The summed E-state index contributed by atoms with van der Waals surface area (Å²) in [5.41, 5.74) is 2.15. The van der Waals surface area contributed by atoms with E-state index in [1.807, 2.05) is 52.0 Å². The molecule has 4 amide bonds. The van der Waals surface area contributed by atoms with E-state index in [0.717, 1.165) is 29.4 Å². The molecule has 0 atom stereocenters. The summed E-state index contributed by atoms with van der Waals surface area (Å²) in [4.78, 5) is 46.6. The lowest BCUT2D eigenvalue weighted by Crippen LogP contribution is -2.39. The molecule has 39 heavy (non-hydrogen) atoms. The van der Waals surface area contributed by atoms with Gasteiger partial charge in [-0.1, -0.05) is 0 Å². The van der Waals surface area contributed by atoms with Crippen molar-refractivity contribution >= 4 is 46.5 Å². The normalized spacial score (nSPS) is 16.6. The third-order valence-corrected chi connectivity index (χ3v) is 6.17. The number of ether oxygens (including phenoxy) is 2. The molecule has 2 aliphatic rings. The van der Waals surface area contributed by atoms with Gasteiger partial charge in [0, 0.05) is 34.3 Å². The van der Waals surface area contributed by atoms with Gasteiger partial charge >= 0.3 is 12.1 Å². The number of fused-ring (bicyclic) bond motifs is 2. The van der Waals surface area contributed by atoms with E-state index in [1.54, 1.807) is 11.0 Å². The highest BCUT2D eigenvalue weighted by Gasteiger charge is 2.38. The molecule has 1 aliphatic carbocycles. The Morgan fingerprint density at radius 3 is 2.64 bits per heavy atom. The molecule has 1 aromatic carbocycles. The Bertz CT molecular complexity index is 1690. The third-order valence-electron chi connectivity index (χ3n) is 6.17. The second-order valence-corrected chi connectivity index (χ2v) is 10.6. The number of aromatic amines is 1. The molecule has 1 saturated carbocycles. The van der Waals surface area contributed by atoms with Crippen LogP contribution in [0.25, 0.3) is 22.6 Å². The van der Waals surface area contributed by atoms with Gasteiger partial charge in [0.2, 0.25) is 5.88 Å². The number of hydrogen-bond acceptors (Lipinski definition) is 7. The van der Waals surface area contributed by atoms with Gasteiger partial charge in [-0.3, -0.25) is 15.0 Å². The molecular formula is C27H27N7O5. The van der Waals surface area contributed by atoms with Gasteiger partial charge in [-0.05, 0) is 70.9 Å². The van der Waals surface area contributed by atoms with Crippen molar-refractivity contribution in [3.8, 4) is 11.6 Å². The van der Waals surface area contributed by atoms with Gasteiger partial charge < -0.3 is 19.8 Å². The summed E-state index contributed by atoms with van der Waals surface area (Å²) in [5, 5.41) is 10.1. The number of urea groups is 1. The van der Waals surface area contributed by atoms with E-state index in [9.17, 15) is 14.4 Å². The van der Waals surface area contributed by atoms with E-state index in [2.05, 4.69) is 25.7 Å². The van der Waals surface area contributed by atoms with Gasteiger partial charge in [-0.25, -0.2) is 9.59 Å². The van der Waals surface area contributed by atoms with Gasteiger partial charge in [0.25, 0.3) is 5.91 Å². The Hall–Kier alpha value is -4.87. The van der Waals surface area contributed by atoms with Crippen molar-refractivity contribution in [2.75, 3.05) is 4.90 Å². The van der Waals surface area contributed by atoms with Crippen LogP contribution in [0.15, 0.2) is 42.2 Å². The summed E-state index contributed by atoms with van der Waals surface area (Å²) in [6.45, 7) is 7.41. The molecule has 0 spiro atoms. The molecule has 4 aromatic rings. The first kappa shape index (κ1) is 24.5. The largest absolute Gasteiger partial charge is 0.443 e. The van der Waals surface area contributed by atoms with Crippen molar-refractivity contribution in [1.82, 2.24) is 30.2 Å². The Kier molecular flexibility index (Phi) is 5.56. The van der Waals surface area contributed by atoms with E-state index in [0.29, 0.717) is 22.8 Å². The van der Waals surface area contributed by atoms with Crippen molar-refractivity contribution in [2.24, 2.45) is 0 Å². The van der Waals surface area contributed by atoms with E-state index in [-0.39, 0.29) is 17.6 Å². The maximum atomic E-state index is 13.4. The van der Waals surface area contributed by atoms with Crippen molar-refractivity contribution in [1.29, 1.82) is 0 Å². The summed E-state index contributed by atoms with van der Waals surface area (Å²) in [5.74, 6) is 0.630. The zero-order chi connectivity index (χ0) is 27.5. The van der Waals surface area contributed by atoms with Gasteiger partial charge in [-0.15, -0.1) is 0 Å². The average Bonchev–Trinajstić information content (AvgIpc) is 3.35. The SMILES string of the molecule is Cc1cc2cc(Oc3cc(N(C(=O)OC(C)(C)C)C4CC4)n4ncc(/C=C5\NC(=O)NC5=O)c4n3)ccc2[nH]1. The molecular weight excluding hydrogens is 502 g/mol. The summed E-state index contributed by atoms with van der Waals surface area (Å²) in [7, 11) is 0. The number of aryl methyl sites for hydroxylation is 1. The quantitative estimate of drug-likeness (QED) is 0.257. The van der Waals surface area contributed by atoms with Crippen molar-refractivity contribution in [3.63, 3.8) is 0 Å². The molecule has 3 N–H and O–H groups in total. The lowest BCUT2D eigenvalue weighted by Gasteiger charge is -2.27. The van der Waals surface area contributed by atoms with E-state index in [4.69, 9.17) is 9.47 Å². The second kappa shape index (κ2) is 8.86. The van der Waals surface area contributed by atoms with Gasteiger partial charge in [0.15, 0.2) is 5.65 Å². The molecule has 0 unspecified atom stereocenters. The van der Waals surface area contributed by atoms with Gasteiger partial charge in [0.1, 0.15) is 22.9 Å². The van der Waals surface area contributed by atoms with Crippen molar-refractivity contribution in [2.45, 2.75) is 52.2 Å². The molecule has 200 valence electrons. The van der Waals surface area contributed by atoms with Crippen LogP contribution in [0.2, 0.25) is 0 Å². The number of H-pyrrole nitrogens is 1. The summed E-state index contributed by atoms with van der Waals surface area (Å²) in [6, 6.07) is 8.64. The zero-order valence-corrected chi connectivity index (χ0v) is 21.9. The molecule has 0 radical (unpaired) electrons. The highest BCUT2D eigenvalue weighted by atomic mass is 16.6. The standard InChI is InChI=1S/C27H27N7O5/c1-14-9-15-10-18(7-8-19(15)29-14)38-21-12-22(33(17-5-6-17)26(37)39-27(2,3)4)34-23(31-21)16(13-28-34)11-20-24(35)32-25(36)30-20/h7-13,17,29H,5-6H2,1-4H3,(H2,30,32,35,36)/b20-11-. The minimum Gasteiger partial charge on any atom is -0.443 e. The summed E-state index contributed by atoms with van der Waals surface area (Å²) in [6.07, 6.45) is 4.10. The number of amides is 4. The Morgan fingerprint density at radius 1 is 1.15 bits per heavy atom. The molecule has 0 bridgehead atoms. The Balaban J connectivity index is 1.47. The topological polar surface area (TPSA) is 143 Å². The predicted octanol–water partition coefficient (Wildman–Crippen LogP) is 4.40. The number of carbonyl (C=O) groups is 3. The number of hydrogen-bond donors (Lipinski definition) is 3. The number of aromatic nitrogens is 4. The first-order valence-corrected chi connectivity index (χ1v) is 12.6. The fourth-order valence-electron chi connectivity index (χ4n) is 4.42. The monoisotopic (exact) mass is 529 g/mol. The van der Waals surface area contributed by atoms with Crippen LogP contribution >= 0.6 is 0 Å². The number of imide groups is 1. The number of benzene rings is 1. The van der Waals surface area contributed by atoms with E-state index in [1.165, 1.54) is 16.8 Å². The van der Waals surface area contributed by atoms with E-state index >= 15 is 0 Å². The number of anilines is 1. The van der Waals surface area contributed by atoms with Crippen molar-refractivity contribution in [3.05, 3.63) is 53.5 Å². The lowest BCUT2D eigenvalue weighted by atomic mass is 10.2. The molecule has 6 rings (SSSR count). The molecule has 12 nitrogen and oxygen atoms in total. The zero-order valence-electron chi connectivity index (χ0n) is 21.9. The minimum absolute atomic E-state index is 0.0593. The molecule has 12 heteroatoms. The third kappa shape index (κ3) is 4.88. The number of rotatable bonds is 5. The number of nitrogens with zero attached hydrogens (tertiary/aromatic N) is 4. The highest BCUT2D eigenvalue weighted by molar-refractivity contribution is 6.14. The van der Waals surface area contributed by atoms with Crippen LogP contribution in [0.1, 0.15) is 44.9 Å². The van der Waals surface area contributed by atoms with Crippen LogP contribution in [-0.2, 0) is 9.53 Å². The summed E-state index contributed by atoms with van der Waals surface area (Å²) >= 11 is 0. The smallest absolute Gasteiger partial charge is 0.416 e. The number of nitrogens with one attached hydrogen (secondary N) is 3. The van der Waals surface area contributed by atoms with Gasteiger partial charge in [0.05, 0.1) is 6.20 Å². The van der Waals surface area contributed by atoms with E-state index < -0.39 is 23.6 Å². The average molecular weight is 530 g/mol. The lowest BCUT2D eigenvalue weighted by molar-refractivity contribution is -0.115. The van der Waals surface area contributed by atoms with Crippen LogP contribution in [0.4, 0.5) is 15.4 Å².